The van der Waals surface area contributed by atoms with E-state index in [-0.39, 0.29) is 5.75 Å². The van der Waals surface area contributed by atoms with Gasteiger partial charge in [0.15, 0.2) is 0 Å². The summed E-state index contributed by atoms with van der Waals surface area (Å²) in [5.41, 5.74) is 2.40. The van der Waals surface area contributed by atoms with Crippen molar-refractivity contribution in [2.45, 2.75) is 0 Å². The highest BCUT2D eigenvalue weighted by molar-refractivity contribution is 5.94. The first-order chi connectivity index (χ1) is 10.8. The van der Waals surface area contributed by atoms with Crippen molar-refractivity contribution >= 4 is 10.9 Å². The summed E-state index contributed by atoms with van der Waals surface area (Å²) in [4.78, 5) is 8.95. The van der Waals surface area contributed by atoms with Crippen LogP contribution in [0.3, 0.4) is 0 Å². The number of hydrogen-bond acceptors (Lipinski definition) is 4. The molecule has 4 rings (SSSR count). The molecule has 5 heteroatoms. The first-order valence-electron chi connectivity index (χ1n) is 6.87. The Morgan fingerprint density at radius 1 is 0.909 bits per heavy atom. The number of benzene rings is 2. The van der Waals surface area contributed by atoms with Crippen LogP contribution in [0, 0.1) is 0 Å². The summed E-state index contributed by atoms with van der Waals surface area (Å²) in [6.07, 6.45) is 5.25. The highest BCUT2D eigenvalue weighted by Gasteiger charge is 2.10. The molecule has 4 aromatic rings. The van der Waals surface area contributed by atoms with Gasteiger partial charge in [-0.15, -0.1) is 0 Å². The Hall–Kier alpha value is -3.21. The number of rotatable bonds is 2. The first kappa shape index (κ1) is 12.5. The van der Waals surface area contributed by atoms with Crippen LogP contribution in [-0.2, 0) is 0 Å². The van der Waals surface area contributed by atoms with Crippen molar-refractivity contribution in [3.05, 3.63) is 67.1 Å². The van der Waals surface area contributed by atoms with Crippen LogP contribution >= 0.6 is 0 Å². The molecule has 2 aromatic carbocycles. The van der Waals surface area contributed by atoms with Crippen LogP contribution in [0.5, 0.6) is 5.75 Å². The van der Waals surface area contributed by atoms with Gasteiger partial charge in [0.25, 0.3) is 5.95 Å². The second-order valence-corrected chi connectivity index (χ2v) is 4.88. The molecule has 0 saturated heterocycles. The van der Waals surface area contributed by atoms with E-state index in [0.717, 1.165) is 22.0 Å². The minimum Gasteiger partial charge on any atom is -0.507 e. The van der Waals surface area contributed by atoms with Gasteiger partial charge in [0.2, 0.25) is 0 Å². The van der Waals surface area contributed by atoms with Crippen molar-refractivity contribution < 1.29 is 5.11 Å². The van der Waals surface area contributed by atoms with Crippen LogP contribution in [0.15, 0.2) is 67.1 Å². The number of nitrogens with zero attached hydrogens (tertiary/aromatic N) is 4. The third-order valence-electron chi connectivity index (χ3n) is 3.50. The van der Waals surface area contributed by atoms with E-state index in [9.17, 15) is 5.11 Å². The van der Waals surface area contributed by atoms with E-state index in [1.165, 1.54) is 0 Å². The highest BCUT2D eigenvalue weighted by Crippen LogP contribution is 2.33. The van der Waals surface area contributed by atoms with Gasteiger partial charge in [-0.1, -0.05) is 36.4 Å². The molecule has 0 spiro atoms. The number of para-hydroxylation sites is 2. The average Bonchev–Trinajstić information content (AvgIpc) is 3.09. The summed E-state index contributed by atoms with van der Waals surface area (Å²) >= 11 is 0. The molecule has 2 aromatic heterocycles. The molecule has 0 bridgehead atoms. The molecule has 0 aliphatic rings. The standard InChI is InChI=1S/C17H12N4O/c22-15-8-2-1-6-13(15)14-7-3-5-12-11-18-17(20-16(12)14)21-10-4-9-19-21/h1-11,22H. The largest absolute Gasteiger partial charge is 0.507 e. The van der Waals surface area contributed by atoms with Crippen molar-refractivity contribution in [1.82, 2.24) is 19.7 Å². The van der Waals surface area contributed by atoms with E-state index in [0.29, 0.717) is 5.95 Å². The lowest BCUT2D eigenvalue weighted by molar-refractivity contribution is 0.477. The fourth-order valence-electron chi connectivity index (χ4n) is 2.46. The molecular weight excluding hydrogens is 276 g/mol. The van der Waals surface area contributed by atoms with Crippen molar-refractivity contribution in [2.75, 3.05) is 0 Å². The van der Waals surface area contributed by atoms with E-state index in [1.807, 2.05) is 36.4 Å². The normalized spacial score (nSPS) is 10.9. The number of aromatic nitrogens is 4. The maximum atomic E-state index is 10.1. The minimum atomic E-state index is 0.231. The molecule has 0 atom stereocenters. The SMILES string of the molecule is Oc1ccccc1-c1cccc2cnc(-n3cccn3)nc12. The van der Waals surface area contributed by atoms with E-state index in [4.69, 9.17) is 0 Å². The second kappa shape index (κ2) is 4.96. The zero-order chi connectivity index (χ0) is 14.9. The number of phenols is 1. The van der Waals surface area contributed by atoms with Crippen LogP contribution in [0.4, 0.5) is 0 Å². The van der Waals surface area contributed by atoms with E-state index < -0.39 is 0 Å². The molecule has 106 valence electrons. The number of aromatic hydroxyl groups is 1. The van der Waals surface area contributed by atoms with Crippen LogP contribution < -0.4 is 0 Å². The summed E-state index contributed by atoms with van der Waals surface area (Å²) < 4.78 is 1.61. The molecule has 1 N–H and O–H groups in total. The maximum absolute atomic E-state index is 10.1. The Morgan fingerprint density at radius 2 is 1.77 bits per heavy atom. The van der Waals surface area contributed by atoms with Crippen molar-refractivity contribution in [3.63, 3.8) is 0 Å². The number of hydrogen-bond donors (Lipinski definition) is 1. The van der Waals surface area contributed by atoms with E-state index in [1.54, 1.807) is 35.4 Å². The van der Waals surface area contributed by atoms with Crippen LogP contribution in [-0.4, -0.2) is 24.9 Å². The Balaban J connectivity index is 1.99. The fraction of sp³-hybridized carbons (Fsp3) is 0. The van der Waals surface area contributed by atoms with Gasteiger partial charge in [-0.3, -0.25) is 0 Å². The Morgan fingerprint density at radius 3 is 2.59 bits per heavy atom. The maximum Gasteiger partial charge on any atom is 0.251 e. The minimum absolute atomic E-state index is 0.231. The van der Waals surface area contributed by atoms with Crippen LogP contribution in [0.2, 0.25) is 0 Å². The summed E-state index contributed by atoms with van der Waals surface area (Å²) in [6, 6.07) is 14.9. The van der Waals surface area contributed by atoms with Crippen molar-refractivity contribution in [1.29, 1.82) is 0 Å². The molecule has 0 aliphatic heterocycles. The lowest BCUT2D eigenvalue weighted by Crippen LogP contribution is -2.01. The van der Waals surface area contributed by atoms with Gasteiger partial charge in [-0.25, -0.2) is 14.6 Å². The quantitative estimate of drug-likeness (QED) is 0.615. The van der Waals surface area contributed by atoms with Gasteiger partial charge in [0.1, 0.15) is 5.75 Å². The zero-order valence-corrected chi connectivity index (χ0v) is 11.6. The topological polar surface area (TPSA) is 63.8 Å². The average molecular weight is 288 g/mol. The predicted octanol–water partition coefficient (Wildman–Crippen LogP) is 3.19. The van der Waals surface area contributed by atoms with Gasteiger partial charge in [0, 0.05) is 35.1 Å². The third kappa shape index (κ3) is 2.00. The number of fused-ring (bicyclic) bond motifs is 1. The third-order valence-corrected chi connectivity index (χ3v) is 3.50. The summed E-state index contributed by atoms with van der Waals surface area (Å²) in [6.45, 7) is 0. The summed E-state index contributed by atoms with van der Waals surface area (Å²) in [5.74, 6) is 0.731. The molecule has 0 saturated carbocycles. The lowest BCUT2D eigenvalue weighted by atomic mass is 10.0. The summed E-state index contributed by atoms with van der Waals surface area (Å²) in [5, 5.41) is 15.2. The first-order valence-corrected chi connectivity index (χ1v) is 6.87. The number of phenolic OH excluding ortho intramolecular Hbond substituents is 1. The smallest absolute Gasteiger partial charge is 0.251 e. The molecule has 0 aliphatic carbocycles. The lowest BCUT2D eigenvalue weighted by Gasteiger charge is -2.09. The van der Waals surface area contributed by atoms with Gasteiger partial charge >= 0.3 is 0 Å². The molecule has 22 heavy (non-hydrogen) atoms. The van der Waals surface area contributed by atoms with Crippen molar-refractivity contribution in [2.24, 2.45) is 0 Å². The second-order valence-electron chi connectivity index (χ2n) is 4.88. The molecule has 0 amide bonds. The predicted molar refractivity (Wildman–Crippen MR) is 83.8 cm³/mol. The highest BCUT2D eigenvalue weighted by atomic mass is 16.3. The van der Waals surface area contributed by atoms with E-state index in [2.05, 4.69) is 15.1 Å². The van der Waals surface area contributed by atoms with Crippen LogP contribution in [0.1, 0.15) is 0 Å². The Bertz CT molecular complexity index is 948. The molecule has 0 fully saturated rings. The van der Waals surface area contributed by atoms with Gasteiger partial charge in [-0.05, 0) is 12.1 Å². The molecule has 0 unspecified atom stereocenters. The Labute approximate surface area is 126 Å². The molecule has 0 radical (unpaired) electrons. The molecular formula is C17H12N4O. The fourth-order valence-corrected chi connectivity index (χ4v) is 2.46. The van der Waals surface area contributed by atoms with Gasteiger partial charge in [-0.2, -0.15) is 5.10 Å². The molecule has 2 heterocycles. The van der Waals surface area contributed by atoms with Gasteiger partial charge < -0.3 is 5.11 Å². The zero-order valence-electron chi connectivity index (χ0n) is 11.6. The molecule has 5 nitrogen and oxygen atoms in total. The van der Waals surface area contributed by atoms with Gasteiger partial charge in [0.05, 0.1) is 5.52 Å². The Kier molecular flexibility index (Phi) is 2.83. The van der Waals surface area contributed by atoms with E-state index >= 15 is 0 Å². The van der Waals surface area contributed by atoms with Crippen molar-refractivity contribution in [3.8, 4) is 22.8 Å². The monoisotopic (exact) mass is 288 g/mol. The van der Waals surface area contributed by atoms with Crippen LogP contribution in [0.25, 0.3) is 28.0 Å². The summed E-state index contributed by atoms with van der Waals surface area (Å²) in [7, 11) is 0.